The molecule has 174 valence electrons. The van der Waals surface area contributed by atoms with Crippen LogP contribution in [0.15, 0.2) is 108 Å². The van der Waals surface area contributed by atoms with Crippen LogP contribution in [0, 0.1) is 3.57 Å². The molecule has 0 aliphatic heterocycles. The Hall–Kier alpha value is -3.98. The van der Waals surface area contributed by atoms with Crippen LogP contribution in [-0.4, -0.2) is 24.7 Å². The molecule has 4 aromatic carbocycles. The average Bonchev–Trinajstić information content (AvgIpc) is 2.89. The first kappa shape index (κ1) is 24.2. The molecule has 0 unspecified atom stereocenters. The van der Waals surface area contributed by atoms with E-state index in [-0.39, 0.29) is 12.5 Å². The topological polar surface area (TPSA) is 77.0 Å². The summed E-state index contributed by atoms with van der Waals surface area (Å²) in [5.74, 6) is 0.219. The summed E-state index contributed by atoms with van der Waals surface area (Å²) in [6, 6.07) is 31.6. The zero-order chi connectivity index (χ0) is 24.5. The summed E-state index contributed by atoms with van der Waals surface area (Å²) in [6.07, 6.45) is 1.50. The van der Waals surface area contributed by atoms with E-state index in [0.717, 1.165) is 20.3 Å². The Morgan fingerprint density at radius 2 is 1.40 bits per heavy atom. The molecule has 0 spiro atoms. The summed E-state index contributed by atoms with van der Waals surface area (Å²) in [5, 5.41) is 3.94. The van der Waals surface area contributed by atoms with Crippen molar-refractivity contribution in [3.63, 3.8) is 0 Å². The smallest absolute Gasteiger partial charge is 0.344 e. The number of ether oxygens (including phenoxy) is 2. The van der Waals surface area contributed by atoms with Crippen LogP contribution in [0.4, 0.5) is 0 Å². The molecule has 6 nitrogen and oxygen atoms in total. The van der Waals surface area contributed by atoms with Crippen molar-refractivity contribution in [2.75, 3.05) is 6.61 Å². The summed E-state index contributed by atoms with van der Waals surface area (Å²) < 4.78 is 11.8. The fraction of sp³-hybridized carbons (Fsp3) is 0.0357. The van der Waals surface area contributed by atoms with E-state index >= 15 is 0 Å². The number of nitrogens with one attached hydrogen (secondary N) is 1. The van der Waals surface area contributed by atoms with Gasteiger partial charge in [-0.25, -0.2) is 10.2 Å². The van der Waals surface area contributed by atoms with Crippen molar-refractivity contribution in [3.05, 3.63) is 118 Å². The van der Waals surface area contributed by atoms with Crippen LogP contribution in [0.1, 0.15) is 15.9 Å². The number of hydrazone groups is 1. The van der Waals surface area contributed by atoms with Crippen LogP contribution in [-0.2, 0) is 4.79 Å². The maximum atomic E-state index is 12.3. The fourth-order valence-corrected chi connectivity index (χ4v) is 3.75. The second kappa shape index (κ2) is 11.9. The number of amides is 1. The van der Waals surface area contributed by atoms with Crippen LogP contribution in [0.5, 0.6) is 11.5 Å². The summed E-state index contributed by atoms with van der Waals surface area (Å²) in [4.78, 5) is 24.3. The predicted octanol–water partition coefficient (Wildman–Crippen LogP) is 5.71. The molecule has 0 aliphatic rings. The summed E-state index contributed by atoms with van der Waals surface area (Å²) in [6.45, 7) is -0.158. The minimum Gasteiger partial charge on any atom is -0.484 e. The number of carbonyl (C=O) groups excluding carboxylic acids is 2. The third-order valence-corrected chi connectivity index (χ3v) is 5.86. The highest BCUT2D eigenvalue weighted by Gasteiger charge is 2.11. The Kier molecular flexibility index (Phi) is 8.24. The van der Waals surface area contributed by atoms with Crippen molar-refractivity contribution in [1.82, 2.24) is 5.43 Å². The van der Waals surface area contributed by atoms with E-state index in [1.165, 1.54) is 6.21 Å². The van der Waals surface area contributed by atoms with Gasteiger partial charge in [0, 0.05) is 3.57 Å². The Morgan fingerprint density at radius 1 is 0.771 bits per heavy atom. The lowest BCUT2D eigenvalue weighted by Gasteiger charge is -2.07. The number of hydrogen-bond acceptors (Lipinski definition) is 5. The van der Waals surface area contributed by atoms with Crippen LogP contribution in [0.2, 0.25) is 0 Å². The van der Waals surface area contributed by atoms with Crippen molar-refractivity contribution in [2.24, 2.45) is 5.10 Å². The summed E-state index contributed by atoms with van der Waals surface area (Å²) in [7, 11) is 0. The number of carbonyl (C=O) groups is 2. The lowest BCUT2D eigenvalue weighted by atomic mass is 10.1. The third-order valence-electron chi connectivity index (χ3n) is 4.92. The molecule has 7 heteroatoms. The Bertz CT molecular complexity index is 1320. The standard InChI is InChI=1S/C28H21IN2O4/c29-26-9-5-4-8-25(26)28(33)35-24-14-10-20(11-15-24)18-30-31-27(32)19-34-23-16-12-22(13-17-23)21-6-2-1-3-7-21/h1-18H,19H2,(H,31,32). The molecule has 1 N–H and O–H groups in total. The van der Waals surface area contributed by atoms with E-state index < -0.39 is 5.97 Å². The second-order valence-electron chi connectivity index (χ2n) is 7.41. The molecule has 0 aromatic heterocycles. The molecule has 0 atom stereocenters. The van der Waals surface area contributed by atoms with Crippen molar-refractivity contribution in [3.8, 4) is 22.6 Å². The van der Waals surface area contributed by atoms with E-state index in [1.54, 1.807) is 36.4 Å². The first-order valence-electron chi connectivity index (χ1n) is 10.8. The van der Waals surface area contributed by atoms with Gasteiger partial charge < -0.3 is 9.47 Å². The van der Waals surface area contributed by atoms with Gasteiger partial charge in [0.15, 0.2) is 6.61 Å². The van der Waals surface area contributed by atoms with Crippen molar-refractivity contribution in [1.29, 1.82) is 0 Å². The zero-order valence-electron chi connectivity index (χ0n) is 18.6. The Morgan fingerprint density at radius 3 is 2.11 bits per heavy atom. The Labute approximate surface area is 216 Å². The van der Waals surface area contributed by atoms with Gasteiger partial charge in [-0.1, -0.05) is 54.6 Å². The highest BCUT2D eigenvalue weighted by Crippen LogP contribution is 2.22. The SMILES string of the molecule is O=C(COc1ccc(-c2ccccc2)cc1)NN=Cc1ccc(OC(=O)c2ccccc2I)cc1. The molecule has 0 bridgehead atoms. The predicted molar refractivity (Wildman–Crippen MR) is 144 cm³/mol. The molecule has 4 rings (SSSR count). The molecule has 0 radical (unpaired) electrons. The highest BCUT2D eigenvalue weighted by molar-refractivity contribution is 14.1. The van der Waals surface area contributed by atoms with Crippen LogP contribution in [0.25, 0.3) is 11.1 Å². The normalized spacial score (nSPS) is 10.7. The molecule has 0 heterocycles. The van der Waals surface area contributed by atoms with Gasteiger partial charge in [-0.15, -0.1) is 0 Å². The highest BCUT2D eigenvalue weighted by atomic mass is 127. The maximum Gasteiger partial charge on any atom is 0.344 e. The molecule has 0 fully saturated rings. The first-order valence-corrected chi connectivity index (χ1v) is 11.8. The second-order valence-corrected chi connectivity index (χ2v) is 8.57. The molecular formula is C28H21IN2O4. The molecule has 1 amide bonds. The van der Waals surface area contributed by atoms with Crippen LogP contribution >= 0.6 is 22.6 Å². The maximum absolute atomic E-state index is 12.3. The quantitative estimate of drug-likeness (QED) is 0.0960. The molecule has 35 heavy (non-hydrogen) atoms. The number of hydrogen-bond donors (Lipinski definition) is 1. The fourth-order valence-electron chi connectivity index (χ4n) is 3.14. The lowest BCUT2D eigenvalue weighted by Crippen LogP contribution is -2.24. The number of esters is 1. The van der Waals surface area contributed by atoms with Gasteiger partial charge >= 0.3 is 5.97 Å². The van der Waals surface area contributed by atoms with Gasteiger partial charge in [-0.2, -0.15) is 5.10 Å². The zero-order valence-corrected chi connectivity index (χ0v) is 20.7. The number of halogens is 1. The first-order chi connectivity index (χ1) is 17.1. The summed E-state index contributed by atoms with van der Waals surface area (Å²) in [5.41, 5.74) is 5.86. The Balaban J connectivity index is 1.23. The van der Waals surface area contributed by atoms with Gasteiger partial charge in [-0.3, -0.25) is 4.79 Å². The van der Waals surface area contributed by atoms with Crippen LogP contribution in [0.3, 0.4) is 0 Å². The van der Waals surface area contributed by atoms with Crippen molar-refractivity contribution < 1.29 is 19.1 Å². The van der Waals surface area contributed by atoms with E-state index in [2.05, 4.69) is 33.1 Å². The summed E-state index contributed by atoms with van der Waals surface area (Å²) >= 11 is 2.09. The minimum absolute atomic E-state index is 0.158. The number of benzene rings is 4. The lowest BCUT2D eigenvalue weighted by molar-refractivity contribution is -0.123. The van der Waals surface area contributed by atoms with Gasteiger partial charge in [0.1, 0.15) is 11.5 Å². The largest absolute Gasteiger partial charge is 0.484 e. The van der Waals surface area contributed by atoms with E-state index in [0.29, 0.717) is 17.1 Å². The van der Waals surface area contributed by atoms with Crippen molar-refractivity contribution >= 4 is 40.7 Å². The van der Waals surface area contributed by atoms with Crippen LogP contribution < -0.4 is 14.9 Å². The molecule has 0 saturated heterocycles. The molecule has 0 aliphatic carbocycles. The number of rotatable bonds is 8. The van der Waals surface area contributed by atoms with E-state index in [9.17, 15) is 9.59 Å². The van der Waals surface area contributed by atoms with Gasteiger partial charge in [-0.05, 0) is 87.8 Å². The van der Waals surface area contributed by atoms with Crippen molar-refractivity contribution in [2.45, 2.75) is 0 Å². The van der Waals surface area contributed by atoms with Gasteiger partial charge in [0.2, 0.25) is 0 Å². The third kappa shape index (κ3) is 7.00. The number of nitrogens with zero attached hydrogens (tertiary/aromatic N) is 1. The van der Waals surface area contributed by atoms with E-state index in [1.807, 2.05) is 66.7 Å². The molecule has 4 aromatic rings. The molecular weight excluding hydrogens is 555 g/mol. The van der Waals surface area contributed by atoms with Gasteiger partial charge in [0.25, 0.3) is 5.91 Å². The minimum atomic E-state index is -0.418. The van der Waals surface area contributed by atoms with E-state index in [4.69, 9.17) is 9.47 Å². The monoisotopic (exact) mass is 576 g/mol. The van der Waals surface area contributed by atoms with Gasteiger partial charge in [0.05, 0.1) is 11.8 Å². The average molecular weight is 576 g/mol. The molecule has 0 saturated carbocycles.